The second-order valence-electron chi connectivity index (χ2n) is 20.8. The fraction of sp³-hybridized carbons (Fsp3) is 0.267. The van der Waals surface area contributed by atoms with Crippen molar-refractivity contribution >= 4 is 79.1 Å². The molecule has 0 unspecified atom stereocenters. The third-order valence-electron chi connectivity index (χ3n) is 17.6. The van der Waals surface area contributed by atoms with Crippen LogP contribution in [0.1, 0.15) is 128 Å². The second-order valence-corrected chi connectivity index (χ2v) is 24.6. The lowest BCUT2D eigenvalue weighted by Gasteiger charge is -2.35. The number of nitrogens with zero attached hydrogens (tertiary/aromatic N) is 2. The Balaban J connectivity index is 1.13. The quantitative estimate of drug-likeness (QED) is 0.166. The van der Waals surface area contributed by atoms with E-state index in [9.17, 15) is 0 Å². The molecule has 13 aliphatic carbocycles. The van der Waals surface area contributed by atoms with Crippen molar-refractivity contribution in [3.8, 4) is 0 Å². The number of nitrogens with one attached hydrogen (secondary N) is 2. The Morgan fingerprint density at radius 2 is 0.706 bits per heavy atom. The van der Waals surface area contributed by atoms with Crippen LogP contribution >= 0.6 is 45.3 Å². The summed E-state index contributed by atoms with van der Waals surface area (Å²) in [4.78, 5) is 26.6. The summed E-state index contributed by atoms with van der Waals surface area (Å²) < 4.78 is 0. The lowest BCUT2D eigenvalue weighted by molar-refractivity contribution is 0.501. The van der Waals surface area contributed by atoms with Gasteiger partial charge in [-0.2, -0.15) is 0 Å². The van der Waals surface area contributed by atoms with Gasteiger partial charge < -0.3 is 9.97 Å². The first-order valence-electron chi connectivity index (χ1n) is 25.1. The smallest absolute Gasteiger partial charge is 0.0787 e. The van der Waals surface area contributed by atoms with Crippen molar-refractivity contribution in [2.24, 2.45) is 33.7 Å². The zero-order valence-electron chi connectivity index (χ0n) is 37.4. The maximum atomic E-state index is 6.25. The molecule has 0 amide bonds. The fourth-order valence-electron chi connectivity index (χ4n) is 14.9. The predicted molar refractivity (Wildman–Crippen MR) is 283 cm³/mol. The van der Waals surface area contributed by atoms with E-state index in [0.29, 0.717) is 47.3 Å². The number of aromatic amines is 2. The molecule has 4 nitrogen and oxygen atoms in total. The van der Waals surface area contributed by atoms with E-state index in [0.717, 1.165) is 25.7 Å². The molecule has 0 spiro atoms. The van der Waals surface area contributed by atoms with Gasteiger partial charge in [0.25, 0.3) is 0 Å². The summed E-state index contributed by atoms with van der Waals surface area (Å²) in [6.45, 7) is 0. The average Bonchev–Trinajstić information content (AvgIpc) is 4.24. The molecule has 0 aromatic carbocycles. The topological polar surface area (TPSA) is 56.3 Å². The van der Waals surface area contributed by atoms with Crippen molar-refractivity contribution in [2.45, 2.75) is 75.0 Å². The number of aromatic nitrogens is 2. The summed E-state index contributed by atoms with van der Waals surface area (Å²) in [7, 11) is 0. The van der Waals surface area contributed by atoms with Crippen molar-refractivity contribution in [1.29, 1.82) is 0 Å². The van der Waals surface area contributed by atoms with Crippen molar-refractivity contribution < 1.29 is 0 Å². The molecule has 6 aromatic heterocycles. The molecule has 2 aliphatic heterocycles. The Kier molecular flexibility index (Phi) is 7.87. The first kappa shape index (κ1) is 38.2. The van der Waals surface area contributed by atoms with Gasteiger partial charge >= 0.3 is 0 Å². The number of hydrogen-bond acceptors (Lipinski definition) is 6. The molecule has 8 heteroatoms. The zero-order valence-corrected chi connectivity index (χ0v) is 40.6. The zero-order chi connectivity index (χ0) is 43.9. The first-order chi connectivity index (χ1) is 33.7. The van der Waals surface area contributed by atoms with E-state index in [2.05, 4.69) is 129 Å². The lowest BCUT2D eigenvalue weighted by Crippen LogP contribution is -2.29. The monoisotopic (exact) mass is 950 g/mol. The summed E-state index contributed by atoms with van der Waals surface area (Å²) >= 11 is 7.49. The van der Waals surface area contributed by atoms with Crippen LogP contribution in [0.3, 0.4) is 0 Å². The minimum absolute atomic E-state index is 0.320. The Morgan fingerprint density at radius 3 is 1.16 bits per heavy atom. The molecule has 8 heterocycles. The summed E-state index contributed by atoms with van der Waals surface area (Å²) in [5.74, 6) is 2.68. The highest BCUT2D eigenvalue weighted by Crippen LogP contribution is 2.59. The van der Waals surface area contributed by atoms with Gasteiger partial charge in [0.05, 0.1) is 44.9 Å². The minimum atomic E-state index is 0.320. The van der Waals surface area contributed by atoms with Crippen LogP contribution < -0.4 is 10.7 Å². The molecular weight excluding hydrogens is 905 g/mol. The van der Waals surface area contributed by atoms with Crippen LogP contribution in [0.25, 0.3) is 22.3 Å². The second kappa shape index (κ2) is 14.0. The highest BCUT2D eigenvalue weighted by molar-refractivity contribution is 7.12. The number of hydrogen-bond donors (Lipinski definition) is 2. The van der Waals surface area contributed by atoms with Crippen LogP contribution in [-0.2, 0) is 0 Å². The summed E-state index contributed by atoms with van der Waals surface area (Å²) in [6.07, 6.45) is 29.7. The lowest BCUT2D eigenvalue weighted by atomic mass is 9.67. The molecule has 0 radical (unpaired) electrons. The third kappa shape index (κ3) is 4.99. The average molecular weight is 951 g/mol. The van der Waals surface area contributed by atoms with E-state index in [1.165, 1.54) is 157 Å². The van der Waals surface area contributed by atoms with Gasteiger partial charge in [-0.15, -0.1) is 45.3 Å². The van der Waals surface area contributed by atoms with Crippen molar-refractivity contribution in [3.05, 3.63) is 216 Å². The largest absolute Gasteiger partial charge is 0.354 e. The molecule has 0 saturated heterocycles. The highest BCUT2D eigenvalue weighted by Gasteiger charge is 2.48. The summed E-state index contributed by atoms with van der Waals surface area (Å²) in [5, 5.41) is 11.7. The third-order valence-corrected chi connectivity index (χ3v) is 21.2. The van der Waals surface area contributed by atoms with Crippen LogP contribution in [0.5, 0.6) is 0 Å². The highest BCUT2D eigenvalue weighted by atomic mass is 32.1. The number of aliphatic imine (C=N–C) groups is 2. The van der Waals surface area contributed by atoms with E-state index in [1.807, 2.05) is 45.3 Å². The molecular formula is C60H46N4S4. The van der Waals surface area contributed by atoms with E-state index in [4.69, 9.17) is 9.98 Å². The standard InChI is InChI=1S/C60H46N4S4/c1-5-37(65-25-1)49-53-41-29-9-13-31(14-10-29)43(41)55(61-53)50(38-6-2-26-66-38)57-45-33-17-21-35(22-18-33)47(45)59(63-57)52(40-8-4-28-68-40)60-48-36-23-19-34(20-24-36)46(48)58(64-60)51(39-7-3-27-67-39)56-44-32-15-11-30(12-16-32)42(44)54(49)62-56/h1-9,11,13,15,17,19,21,23,25-36,61-62H,10,12,14,16,18,20,22,24H2/t29-,30+,31+,32-,33-,34+,35+,36-. The molecule has 0 fully saturated rings. The fourth-order valence-corrected chi connectivity index (χ4v) is 18.1. The molecule has 8 atom stereocenters. The van der Waals surface area contributed by atoms with Crippen LogP contribution in [-0.4, -0.2) is 21.4 Å². The normalized spacial score (nSPS) is 29.5. The van der Waals surface area contributed by atoms with Crippen LogP contribution in [0.15, 0.2) is 162 Å². The van der Waals surface area contributed by atoms with Gasteiger partial charge in [-0.3, -0.25) is 0 Å². The van der Waals surface area contributed by atoms with Crippen LogP contribution in [0.4, 0.5) is 0 Å². The Bertz CT molecular complexity index is 3710. The van der Waals surface area contributed by atoms with E-state index < -0.39 is 0 Å². The predicted octanol–water partition coefficient (Wildman–Crippen LogP) is 14.0. The number of thiophene rings is 4. The number of H-pyrrole nitrogens is 2. The van der Waals surface area contributed by atoms with E-state index >= 15 is 0 Å². The van der Waals surface area contributed by atoms with Crippen molar-refractivity contribution in [2.75, 3.05) is 0 Å². The van der Waals surface area contributed by atoms with Gasteiger partial charge in [-0.05, 0) is 142 Å². The van der Waals surface area contributed by atoms with Crippen molar-refractivity contribution in [3.63, 3.8) is 0 Å². The van der Waals surface area contributed by atoms with Gasteiger partial charge in [-0.25, -0.2) is 9.98 Å². The summed E-state index contributed by atoms with van der Waals surface area (Å²) in [6, 6.07) is 18.5. The van der Waals surface area contributed by atoms with Gasteiger partial charge in [0.15, 0.2) is 0 Å². The van der Waals surface area contributed by atoms with Crippen LogP contribution in [0, 0.1) is 23.7 Å². The molecule has 330 valence electrons. The maximum Gasteiger partial charge on any atom is 0.0787 e. The Labute approximate surface area is 411 Å². The van der Waals surface area contributed by atoms with E-state index in [-0.39, 0.29) is 0 Å². The van der Waals surface area contributed by atoms with Gasteiger partial charge in [0, 0.05) is 89.1 Å². The molecule has 0 saturated carbocycles. The van der Waals surface area contributed by atoms with Crippen LogP contribution in [0.2, 0.25) is 0 Å². The number of rotatable bonds is 4. The first-order valence-corrected chi connectivity index (χ1v) is 28.6. The molecule has 68 heavy (non-hydrogen) atoms. The SMILES string of the molecule is C1=C[C@H]2CC[C@@H]1C1=C2C2=NC1=C(c1cccs1)C1=NC(=C(c3cccs3)c3[nH]c(c4c3[C@H]3C=C[C@@H]4CC3)C(c3cccs3)=c3[nH]c(c4c3[C@H]3C=C[C@@H]4CC3)=C2c2cccs2)C2=C1[C@H]1C=C[C@@H]2CC1. The molecule has 15 aliphatic rings. The Morgan fingerprint density at radius 1 is 0.353 bits per heavy atom. The Hall–Kier alpha value is -5.64. The molecule has 21 rings (SSSR count). The van der Waals surface area contributed by atoms with E-state index in [1.54, 1.807) is 0 Å². The number of fused-ring (bicyclic) bond motifs is 4. The molecule has 2 N–H and O–H groups in total. The molecule has 16 bridgehead atoms. The van der Waals surface area contributed by atoms with Gasteiger partial charge in [-0.1, -0.05) is 72.9 Å². The van der Waals surface area contributed by atoms with Gasteiger partial charge in [0.1, 0.15) is 0 Å². The number of allylic oxidation sites excluding steroid dienone is 13. The van der Waals surface area contributed by atoms with Gasteiger partial charge in [0.2, 0.25) is 0 Å². The van der Waals surface area contributed by atoms with Crippen molar-refractivity contribution in [1.82, 2.24) is 9.97 Å². The molecule has 6 aromatic rings. The maximum absolute atomic E-state index is 6.25. The summed E-state index contributed by atoms with van der Waals surface area (Å²) in [5.41, 5.74) is 24.3. The minimum Gasteiger partial charge on any atom is -0.354 e.